The minimum atomic E-state index is -4.77. The van der Waals surface area contributed by atoms with E-state index in [0.717, 1.165) is 25.0 Å². The van der Waals surface area contributed by atoms with Crippen molar-refractivity contribution in [3.8, 4) is 11.5 Å². The van der Waals surface area contributed by atoms with Gasteiger partial charge in [0.2, 0.25) is 0 Å². The molecule has 1 fully saturated rings. The average molecular weight is 481 g/mol. The molecule has 0 saturated heterocycles. The van der Waals surface area contributed by atoms with Gasteiger partial charge in [0.05, 0.1) is 12.7 Å². The summed E-state index contributed by atoms with van der Waals surface area (Å²) in [5.74, 6) is 0.0123. The number of alkyl halides is 3. The van der Waals surface area contributed by atoms with Gasteiger partial charge in [0.1, 0.15) is 11.5 Å². The van der Waals surface area contributed by atoms with E-state index in [1.54, 1.807) is 24.3 Å². The molecule has 1 aliphatic carbocycles. The van der Waals surface area contributed by atoms with E-state index in [0.29, 0.717) is 29.8 Å². The summed E-state index contributed by atoms with van der Waals surface area (Å²) in [5, 5.41) is 16.8. The van der Waals surface area contributed by atoms with Gasteiger partial charge in [-0.25, -0.2) is 4.79 Å². The second kappa shape index (κ2) is 11.6. The Labute approximate surface area is 194 Å². The van der Waals surface area contributed by atoms with E-state index in [1.807, 2.05) is 0 Å². The molecule has 8 nitrogen and oxygen atoms in total. The summed E-state index contributed by atoms with van der Waals surface area (Å²) < 4.78 is 46.4. The van der Waals surface area contributed by atoms with Gasteiger partial charge in [-0.2, -0.15) is 0 Å². The lowest BCUT2D eigenvalue weighted by molar-refractivity contribution is -0.274. The van der Waals surface area contributed by atoms with Crippen molar-refractivity contribution in [1.82, 2.24) is 10.6 Å². The Balaban J connectivity index is 1.39. The van der Waals surface area contributed by atoms with Crippen LogP contribution in [0.2, 0.25) is 0 Å². The largest absolute Gasteiger partial charge is 0.573 e. The number of ether oxygens (including phenoxy) is 2. The van der Waals surface area contributed by atoms with Crippen LogP contribution in [0.3, 0.4) is 0 Å². The van der Waals surface area contributed by atoms with Crippen LogP contribution in [0, 0.1) is 0 Å². The number of urea groups is 1. The van der Waals surface area contributed by atoms with E-state index in [1.165, 1.54) is 12.1 Å². The number of aliphatic hydroxyl groups excluding tert-OH is 1. The van der Waals surface area contributed by atoms with E-state index < -0.39 is 12.4 Å². The first kappa shape index (κ1) is 25.2. The summed E-state index contributed by atoms with van der Waals surface area (Å²) >= 11 is 0. The monoisotopic (exact) mass is 481 g/mol. The zero-order chi connectivity index (χ0) is 24.6. The lowest BCUT2D eigenvalue weighted by Gasteiger charge is -2.29. The van der Waals surface area contributed by atoms with Crippen molar-refractivity contribution in [2.75, 3.05) is 18.5 Å². The molecule has 11 heteroatoms. The van der Waals surface area contributed by atoms with Crippen molar-refractivity contribution in [3.05, 3.63) is 54.1 Å². The number of hydrogen-bond acceptors (Lipinski definition) is 5. The Kier molecular flexibility index (Phi) is 8.58. The van der Waals surface area contributed by atoms with Gasteiger partial charge in [-0.3, -0.25) is 4.79 Å². The molecule has 34 heavy (non-hydrogen) atoms. The van der Waals surface area contributed by atoms with Crippen LogP contribution in [0.1, 0.15) is 36.0 Å². The molecule has 0 bridgehead atoms. The lowest BCUT2D eigenvalue weighted by atomic mass is 9.93. The minimum absolute atomic E-state index is 0.0173. The molecule has 0 aromatic heterocycles. The molecule has 0 radical (unpaired) electrons. The lowest BCUT2D eigenvalue weighted by Crippen LogP contribution is -2.41. The molecule has 0 spiro atoms. The third-order valence-electron chi connectivity index (χ3n) is 5.17. The first-order valence-electron chi connectivity index (χ1n) is 10.8. The maximum atomic E-state index is 12.2. The van der Waals surface area contributed by atoms with Gasteiger partial charge in [-0.05, 0) is 74.2 Å². The topological polar surface area (TPSA) is 109 Å². The van der Waals surface area contributed by atoms with Gasteiger partial charge >= 0.3 is 12.4 Å². The summed E-state index contributed by atoms with van der Waals surface area (Å²) in [6.45, 7) is 0.0651. The van der Waals surface area contributed by atoms with Crippen molar-refractivity contribution in [2.45, 2.75) is 44.2 Å². The number of amides is 3. The normalized spacial score (nSPS) is 18.0. The van der Waals surface area contributed by atoms with Gasteiger partial charge in [0, 0.05) is 23.8 Å². The van der Waals surface area contributed by atoms with Gasteiger partial charge in [0.25, 0.3) is 5.91 Å². The number of anilines is 1. The molecule has 2 aromatic carbocycles. The highest BCUT2D eigenvalue weighted by atomic mass is 19.4. The third-order valence-corrected chi connectivity index (χ3v) is 5.17. The highest BCUT2D eigenvalue weighted by Crippen LogP contribution is 2.25. The van der Waals surface area contributed by atoms with E-state index in [4.69, 9.17) is 9.84 Å². The predicted molar refractivity (Wildman–Crippen MR) is 118 cm³/mol. The summed E-state index contributed by atoms with van der Waals surface area (Å²) in [5.41, 5.74) is 0.819. The van der Waals surface area contributed by atoms with Crippen molar-refractivity contribution in [3.63, 3.8) is 0 Å². The Hall–Kier alpha value is -3.47. The molecular weight excluding hydrogens is 455 g/mol. The number of benzene rings is 2. The fourth-order valence-corrected chi connectivity index (χ4v) is 3.57. The van der Waals surface area contributed by atoms with Crippen LogP contribution in [-0.2, 0) is 0 Å². The fraction of sp³-hybridized carbons (Fsp3) is 0.391. The van der Waals surface area contributed by atoms with Crippen LogP contribution in [0.15, 0.2) is 48.5 Å². The van der Waals surface area contributed by atoms with Crippen molar-refractivity contribution >= 4 is 17.6 Å². The maximum absolute atomic E-state index is 12.2. The quantitative estimate of drug-likeness (QED) is 0.459. The van der Waals surface area contributed by atoms with E-state index >= 15 is 0 Å². The molecule has 1 aliphatic rings. The molecule has 3 rings (SSSR count). The van der Waals surface area contributed by atoms with E-state index in [-0.39, 0.29) is 37.0 Å². The molecule has 2 aromatic rings. The fourth-order valence-electron chi connectivity index (χ4n) is 3.57. The Bertz CT molecular complexity index is 944. The van der Waals surface area contributed by atoms with E-state index in [9.17, 15) is 22.8 Å². The summed E-state index contributed by atoms with van der Waals surface area (Å²) in [6, 6.07) is 11.2. The van der Waals surface area contributed by atoms with Crippen LogP contribution in [-0.4, -0.2) is 48.7 Å². The van der Waals surface area contributed by atoms with Crippen LogP contribution < -0.4 is 25.4 Å². The summed E-state index contributed by atoms with van der Waals surface area (Å²) in [4.78, 5) is 24.1. The molecule has 0 heterocycles. The molecular formula is C23H26F3N3O5. The zero-order valence-corrected chi connectivity index (χ0v) is 18.2. The number of carbonyl (C=O) groups excluding carboxylic acids is 2. The highest BCUT2D eigenvalue weighted by Gasteiger charge is 2.31. The number of nitrogens with one attached hydrogen (secondary N) is 3. The number of halogens is 3. The van der Waals surface area contributed by atoms with E-state index in [2.05, 4.69) is 20.7 Å². The molecule has 4 N–H and O–H groups in total. The first-order valence-corrected chi connectivity index (χ1v) is 10.8. The Morgan fingerprint density at radius 2 is 1.56 bits per heavy atom. The third kappa shape index (κ3) is 8.14. The minimum Gasteiger partial charge on any atom is -0.490 e. The zero-order valence-electron chi connectivity index (χ0n) is 18.2. The van der Waals surface area contributed by atoms with Crippen molar-refractivity contribution in [2.24, 2.45) is 0 Å². The number of rotatable bonds is 8. The van der Waals surface area contributed by atoms with Crippen LogP contribution >= 0.6 is 0 Å². The highest BCUT2D eigenvalue weighted by molar-refractivity contribution is 5.94. The average Bonchev–Trinajstić information content (AvgIpc) is 2.79. The molecule has 1 saturated carbocycles. The standard InChI is InChI=1S/C23H26F3N3O5/c24-23(25,26)34-20-11-5-17(6-12-20)29-22(32)28-16-3-9-19(10-4-16)33-18-7-1-15(2-8-18)21(31)27-13-14-30/h1-2,5-8,11-12,16,19,30H,3-4,9-10,13-14H2,(H,27,31)(H2,28,29,32). The SMILES string of the molecule is O=C(Nc1ccc(OC(F)(F)F)cc1)NC1CCC(Oc2ccc(C(=O)NCCO)cc2)CC1. The second-order valence-electron chi connectivity index (χ2n) is 7.77. The molecule has 0 atom stereocenters. The summed E-state index contributed by atoms with van der Waals surface area (Å²) in [7, 11) is 0. The number of carbonyl (C=O) groups is 2. The van der Waals surface area contributed by atoms with Crippen LogP contribution in [0.5, 0.6) is 11.5 Å². The van der Waals surface area contributed by atoms with Gasteiger partial charge in [-0.15, -0.1) is 13.2 Å². The summed E-state index contributed by atoms with van der Waals surface area (Å²) in [6.07, 6.45) is -1.91. The Morgan fingerprint density at radius 3 is 2.15 bits per heavy atom. The number of hydrogen-bond donors (Lipinski definition) is 4. The van der Waals surface area contributed by atoms with Crippen LogP contribution in [0.25, 0.3) is 0 Å². The molecule has 0 aliphatic heterocycles. The van der Waals surface area contributed by atoms with Gasteiger partial charge < -0.3 is 30.5 Å². The molecule has 184 valence electrons. The predicted octanol–water partition coefficient (Wildman–Crippen LogP) is 3.82. The molecule has 3 amide bonds. The van der Waals surface area contributed by atoms with Gasteiger partial charge in [-0.1, -0.05) is 0 Å². The second-order valence-corrected chi connectivity index (χ2v) is 7.77. The van der Waals surface area contributed by atoms with Crippen molar-refractivity contribution < 1.29 is 37.3 Å². The maximum Gasteiger partial charge on any atom is 0.573 e. The first-order chi connectivity index (χ1) is 16.2. The van der Waals surface area contributed by atoms with Crippen molar-refractivity contribution in [1.29, 1.82) is 0 Å². The Morgan fingerprint density at radius 1 is 0.941 bits per heavy atom. The smallest absolute Gasteiger partial charge is 0.490 e. The van der Waals surface area contributed by atoms with Crippen LogP contribution in [0.4, 0.5) is 23.7 Å². The van der Waals surface area contributed by atoms with Gasteiger partial charge in [0.15, 0.2) is 0 Å². The number of aliphatic hydroxyl groups is 1. The molecule has 0 unspecified atom stereocenters.